The standard InChI is InChI=1S/C11H16FNO/c1-8(14)6-11(2,3)9-4-5-13-7-10(9)12/h4-5,7-8,14H,6H2,1-3H3. The van der Waals surface area contributed by atoms with Gasteiger partial charge in [-0.25, -0.2) is 4.39 Å². The zero-order chi connectivity index (χ0) is 10.8. The molecule has 0 saturated heterocycles. The average Bonchev–Trinajstić information content (AvgIpc) is 2.02. The monoisotopic (exact) mass is 197 g/mol. The van der Waals surface area contributed by atoms with Gasteiger partial charge in [-0.1, -0.05) is 13.8 Å². The van der Waals surface area contributed by atoms with Crippen molar-refractivity contribution in [1.29, 1.82) is 0 Å². The van der Waals surface area contributed by atoms with E-state index in [1.165, 1.54) is 6.20 Å². The summed E-state index contributed by atoms with van der Waals surface area (Å²) in [4.78, 5) is 3.70. The van der Waals surface area contributed by atoms with E-state index in [9.17, 15) is 9.50 Å². The molecule has 0 amide bonds. The lowest BCUT2D eigenvalue weighted by molar-refractivity contribution is 0.155. The number of rotatable bonds is 3. The van der Waals surface area contributed by atoms with Crippen molar-refractivity contribution >= 4 is 0 Å². The molecule has 0 bridgehead atoms. The molecule has 1 rings (SSSR count). The third-order valence-electron chi connectivity index (χ3n) is 2.31. The quantitative estimate of drug-likeness (QED) is 0.806. The first-order chi connectivity index (χ1) is 6.43. The van der Waals surface area contributed by atoms with Gasteiger partial charge in [0, 0.05) is 6.20 Å². The first-order valence-electron chi connectivity index (χ1n) is 4.71. The summed E-state index contributed by atoms with van der Waals surface area (Å²) < 4.78 is 13.4. The molecule has 0 radical (unpaired) electrons. The van der Waals surface area contributed by atoms with Crippen LogP contribution in [0.1, 0.15) is 32.8 Å². The molecule has 78 valence electrons. The smallest absolute Gasteiger partial charge is 0.145 e. The largest absolute Gasteiger partial charge is 0.393 e. The second-order valence-corrected chi connectivity index (χ2v) is 4.29. The minimum atomic E-state index is -0.433. The van der Waals surface area contributed by atoms with Gasteiger partial charge in [-0.3, -0.25) is 4.98 Å². The summed E-state index contributed by atoms with van der Waals surface area (Å²) in [7, 11) is 0. The van der Waals surface area contributed by atoms with E-state index < -0.39 is 6.10 Å². The fourth-order valence-corrected chi connectivity index (χ4v) is 1.77. The third kappa shape index (κ3) is 2.51. The summed E-state index contributed by atoms with van der Waals surface area (Å²) in [6, 6.07) is 1.66. The summed E-state index contributed by atoms with van der Waals surface area (Å²) in [6.07, 6.45) is 2.88. The summed E-state index contributed by atoms with van der Waals surface area (Å²) in [5.41, 5.74) is 0.245. The molecule has 1 heterocycles. The molecule has 0 spiro atoms. The van der Waals surface area contributed by atoms with Crippen LogP contribution in [0.5, 0.6) is 0 Å². The summed E-state index contributed by atoms with van der Waals surface area (Å²) >= 11 is 0. The van der Waals surface area contributed by atoms with Crippen LogP contribution in [0.3, 0.4) is 0 Å². The predicted octanol–water partition coefficient (Wildman–Crippen LogP) is 2.27. The van der Waals surface area contributed by atoms with Crippen molar-refractivity contribution in [1.82, 2.24) is 4.98 Å². The van der Waals surface area contributed by atoms with Crippen molar-refractivity contribution in [2.45, 2.75) is 38.7 Å². The van der Waals surface area contributed by atoms with Gasteiger partial charge < -0.3 is 5.11 Å². The predicted molar refractivity (Wildman–Crippen MR) is 53.5 cm³/mol. The molecule has 0 aliphatic heterocycles. The lowest BCUT2D eigenvalue weighted by atomic mass is 9.80. The Morgan fingerprint density at radius 2 is 2.21 bits per heavy atom. The molecule has 1 N–H and O–H groups in total. The van der Waals surface area contributed by atoms with Gasteiger partial charge in [-0.05, 0) is 30.4 Å². The van der Waals surface area contributed by atoms with Crippen LogP contribution >= 0.6 is 0 Å². The minimum Gasteiger partial charge on any atom is -0.393 e. The number of aliphatic hydroxyl groups is 1. The van der Waals surface area contributed by atoms with Crippen LogP contribution in [0.15, 0.2) is 18.5 Å². The summed E-state index contributed by atoms with van der Waals surface area (Å²) in [5, 5.41) is 9.30. The van der Waals surface area contributed by atoms with Crippen LogP contribution in [0, 0.1) is 5.82 Å². The highest BCUT2D eigenvalue weighted by Gasteiger charge is 2.25. The van der Waals surface area contributed by atoms with Crippen molar-refractivity contribution in [3.8, 4) is 0 Å². The van der Waals surface area contributed by atoms with E-state index in [1.54, 1.807) is 19.2 Å². The highest BCUT2D eigenvalue weighted by molar-refractivity contribution is 5.22. The highest BCUT2D eigenvalue weighted by Crippen LogP contribution is 2.29. The van der Waals surface area contributed by atoms with E-state index in [0.29, 0.717) is 12.0 Å². The van der Waals surface area contributed by atoms with E-state index in [0.717, 1.165) is 0 Å². The van der Waals surface area contributed by atoms with Gasteiger partial charge in [0.25, 0.3) is 0 Å². The van der Waals surface area contributed by atoms with Crippen LogP contribution in [-0.4, -0.2) is 16.2 Å². The molecular formula is C11H16FNO. The third-order valence-corrected chi connectivity index (χ3v) is 2.31. The van der Waals surface area contributed by atoms with Crippen molar-refractivity contribution in [2.75, 3.05) is 0 Å². The molecule has 3 heteroatoms. The average molecular weight is 197 g/mol. The van der Waals surface area contributed by atoms with E-state index in [4.69, 9.17) is 0 Å². The maximum atomic E-state index is 13.4. The Kier molecular flexibility index (Phi) is 3.21. The molecular weight excluding hydrogens is 181 g/mol. The lowest BCUT2D eigenvalue weighted by Crippen LogP contribution is -2.24. The van der Waals surface area contributed by atoms with Crippen LogP contribution in [0.2, 0.25) is 0 Å². The molecule has 0 fully saturated rings. The fraction of sp³-hybridized carbons (Fsp3) is 0.545. The van der Waals surface area contributed by atoms with Gasteiger partial charge >= 0.3 is 0 Å². The lowest BCUT2D eigenvalue weighted by Gasteiger charge is -2.26. The van der Waals surface area contributed by atoms with Gasteiger partial charge in [0.15, 0.2) is 0 Å². The van der Waals surface area contributed by atoms with Crippen molar-refractivity contribution in [3.63, 3.8) is 0 Å². The van der Waals surface area contributed by atoms with Crippen molar-refractivity contribution in [2.24, 2.45) is 0 Å². The van der Waals surface area contributed by atoms with E-state index >= 15 is 0 Å². The number of aliphatic hydroxyl groups excluding tert-OH is 1. The number of pyridine rings is 1. The zero-order valence-corrected chi connectivity index (χ0v) is 8.79. The Labute approximate surface area is 83.8 Å². The molecule has 0 aliphatic rings. The number of aromatic nitrogens is 1. The van der Waals surface area contributed by atoms with Crippen molar-refractivity contribution in [3.05, 3.63) is 29.8 Å². The van der Waals surface area contributed by atoms with E-state index in [-0.39, 0.29) is 11.2 Å². The number of nitrogens with zero attached hydrogens (tertiary/aromatic N) is 1. The number of hydrogen-bond acceptors (Lipinski definition) is 2. The molecule has 1 unspecified atom stereocenters. The van der Waals surface area contributed by atoms with Gasteiger partial charge in [0.1, 0.15) is 5.82 Å². The normalized spacial score (nSPS) is 14.1. The molecule has 0 saturated carbocycles. The Morgan fingerprint density at radius 1 is 1.57 bits per heavy atom. The Bertz CT molecular complexity index is 310. The molecule has 2 nitrogen and oxygen atoms in total. The maximum absolute atomic E-state index is 13.4. The van der Waals surface area contributed by atoms with Gasteiger partial charge in [-0.15, -0.1) is 0 Å². The van der Waals surface area contributed by atoms with E-state index in [1.807, 2.05) is 13.8 Å². The topological polar surface area (TPSA) is 33.1 Å². The van der Waals surface area contributed by atoms with E-state index in [2.05, 4.69) is 4.98 Å². The molecule has 1 aromatic rings. The van der Waals surface area contributed by atoms with Gasteiger partial charge in [0.2, 0.25) is 0 Å². The molecule has 14 heavy (non-hydrogen) atoms. The minimum absolute atomic E-state index is 0.307. The Balaban J connectivity index is 2.97. The Hall–Kier alpha value is -0.960. The fourth-order valence-electron chi connectivity index (χ4n) is 1.77. The van der Waals surface area contributed by atoms with Crippen LogP contribution in [0.25, 0.3) is 0 Å². The maximum Gasteiger partial charge on any atom is 0.145 e. The van der Waals surface area contributed by atoms with Crippen LogP contribution in [-0.2, 0) is 5.41 Å². The molecule has 1 aromatic heterocycles. The summed E-state index contributed by atoms with van der Waals surface area (Å²) in [5.74, 6) is -0.307. The molecule has 0 aromatic carbocycles. The first kappa shape index (κ1) is 11.1. The SMILES string of the molecule is CC(O)CC(C)(C)c1ccncc1F. The second-order valence-electron chi connectivity index (χ2n) is 4.29. The van der Waals surface area contributed by atoms with Crippen LogP contribution < -0.4 is 0 Å². The van der Waals surface area contributed by atoms with Crippen molar-refractivity contribution < 1.29 is 9.50 Å². The molecule has 0 aliphatic carbocycles. The first-order valence-corrected chi connectivity index (χ1v) is 4.71. The van der Waals surface area contributed by atoms with Gasteiger partial charge in [0.05, 0.1) is 12.3 Å². The second kappa shape index (κ2) is 4.05. The zero-order valence-electron chi connectivity index (χ0n) is 8.79. The van der Waals surface area contributed by atoms with Gasteiger partial charge in [-0.2, -0.15) is 0 Å². The summed E-state index contributed by atoms with van der Waals surface area (Å²) in [6.45, 7) is 5.54. The Morgan fingerprint density at radius 3 is 2.71 bits per heavy atom. The molecule has 1 atom stereocenters. The number of hydrogen-bond donors (Lipinski definition) is 1. The van der Waals surface area contributed by atoms with Crippen LogP contribution in [0.4, 0.5) is 4.39 Å². The highest BCUT2D eigenvalue weighted by atomic mass is 19.1. The number of halogens is 1.